The SMILES string of the molecule is O=C1NC(=O)[C@@H]2C3CC[C@H](C3)[C@H]12. The Hall–Kier alpha value is -0.860. The maximum absolute atomic E-state index is 11.3. The van der Waals surface area contributed by atoms with E-state index in [-0.39, 0.29) is 23.7 Å². The first-order valence-corrected chi connectivity index (χ1v) is 4.62. The first-order chi connectivity index (χ1) is 5.77. The highest BCUT2D eigenvalue weighted by Gasteiger charge is 2.57. The zero-order valence-corrected chi connectivity index (χ0v) is 6.75. The van der Waals surface area contributed by atoms with Crippen molar-refractivity contribution in [3.8, 4) is 0 Å². The van der Waals surface area contributed by atoms with Gasteiger partial charge in [-0.05, 0) is 31.1 Å². The highest BCUT2D eigenvalue weighted by Crippen LogP contribution is 2.54. The first kappa shape index (κ1) is 6.63. The number of rotatable bonds is 0. The maximum atomic E-state index is 11.3. The minimum atomic E-state index is -0.00259. The smallest absolute Gasteiger partial charge is 0.230 e. The predicted octanol–water partition coefficient (Wildman–Crippen LogP) is 0.305. The van der Waals surface area contributed by atoms with Crippen molar-refractivity contribution in [3.05, 3.63) is 0 Å². The summed E-state index contributed by atoms with van der Waals surface area (Å²) in [7, 11) is 0. The summed E-state index contributed by atoms with van der Waals surface area (Å²) in [5.74, 6) is 1.14. The zero-order valence-electron chi connectivity index (χ0n) is 6.75. The van der Waals surface area contributed by atoms with Gasteiger partial charge in [-0.15, -0.1) is 0 Å². The Morgan fingerprint density at radius 3 is 2.00 bits per heavy atom. The van der Waals surface area contributed by atoms with E-state index >= 15 is 0 Å². The molecule has 2 amide bonds. The van der Waals surface area contributed by atoms with Crippen molar-refractivity contribution in [3.63, 3.8) is 0 Å². The zero-order chi connectivity index (χ0) is 8.29. The van der Waals surface area contributed by atoms with E-state index in [2.05, 4.69) is 5.32 Å². The van der Waals surface area contributed by atoms with E-state index in [1.54, 1.807) is 0 Å². The molecule has 3 rings (SSSR count). The van der Waals surface area contributed by atoms with Gasteiger partial charge in [0.05, 0.1) is 11.8 Å². The summed E-state index contributed by atoms with van der Waals surface area (Å²) >= 11 is 0. The third-order valence-electron chi connectivity index (χ3n) is 3.77. The summed E-state index contributed by atoms with van der Waals surface area (Å²) < 4.78 is 0. The molecule has 2 saturated carbocycles. The molecule has 0 radical (unpaired) electrons. The van der Waals surface area contributed by atoms with Gasteiger partial charge in [0.25, 0.3) is 0 Å². The molecule has 1 aliphatic heterocycles. The van der Waals surface area contributed by atoms with Crippen LogP contribution in [0.3, 0.4) is 0 Å². The Kier molecular flexibility index (Phi) is 1.05. The monoisotopic (exact) mass is 165 g/mol. The van der Waals surface area contributed by atoms with Crippen LogP contribution < -0.4 is 5.32 Å². The van der Waals surface area contributed by atoms with Crippen molar-refractivity contribution in [1.29, 1.82) is 0 Å². The summed E-state index contributed by atoms with van der Waals surface area (Å²) in [4.78, 5) is 22.6. The lowest BCUT2D eigenvalue weighted by atomic mass is 9.81. The Bertz CT molecular complexity index is 248. The Balaban J connectivity index is 2.03. The molecule has 0 aromatic heterocycles. The van der Waals surface area contributed by atoms with Crippen LogP contribution in [0.4, 0.5) is 0 Å². The van der Waals surface area contributed by atoms with E-state index in [9.17, 15) is 9.59 Å². The van der Waals surface area contributed by atoms with Crippen LogP contribution in [0.1, 0.15) is 19.3 Å². The van der Waals surface area contributed by atoms with Crippen LogP contribution in [0.2, 0.25) is 0 Å². The number of hydrogen-bond acceptors (Lipinski definition) is 2. The molecule has 3 aliphatic rings. The molecule has 2 aliphatic carbocycles. The summed E-state index contributed by atoms with van der Waals surface area (Å²) in [6.45, 7) is 0. The number of hydrogen-bond donors (Lipinski definition) is 1. The highest BCUT2D eigenvalue weighted by atomic mass is 16.2. The maximum Gasteiger partial charge on any atom is 0.230 e. The van der Waals surface area contributed by atoms with Gasteiger partial charge in [-0.25, -0.2) is 0 Å². The normalized spacial score (nSPS) is 49.7. The minimum absolute atomic E-state index is 0.00259. The van der Waals surface area contributed by atoms with Crippen molar-refractivity contribution in [2.75, 3.05) is 0 Å². The van der Waals surface area contributed by atoms with Crippen LogP contribution >= 0.6 is 0 Å². The van der Waals surface area contributed by atoms with E-state index in [0.717, 1.165) is 19.3 Å². The molecule has 1 unspecified atom stereocenters. The van der Waals surface area contributed by atoms with Gasteiger partial charge in [-0.3, -0.25) is 14.9 Å². The molecule has 1 saturated heterocycles. The fourth-order valence-corrected chi connectivity index (χ4v) is 3.33. The van der Waals surface area contributed by atoms with E-state index in [1.165, 1.54) is 0 Å². The van der Waals surface area contributed by atoms with Crippen molar-refractivity contribution >= 4 is 11.8 Å². The minimum Gasteiger partial charge on any atom is -0.296 e. The molecular formula is C9H11NO2. The second kappa shape index (κ2) is 1.90. The lowest BCUT2D eigenvalue weighted by Crippen LogP contribution is -2.24. The van der Waals surface area contributed by atoms with Gasteiger partial charge in [0.2, 0.25) is 11.8 Å². The number of nitrogens with one attached hydrogen (secondary N) is 1. The average Bonchev–Trinajstić information content (AvgIpc) is 2.64. The summed E-state index contributed by atoms with van der Waals surface area (Å²) in [5.41, 5.74) is 0. The van der Waals surface area contributed by atoms with Gasteiger partial charge in [0, 0.05) is 0 Å². The Labute approximate surface area is 70.5 Å². The number of carbonyl (C=O) groups excluding carboxylic acids is 2. The van der Waals surface area contributed by atoms with Crippen molar-refractivity contribution < 1.29 is 9.59 Å². The average molecular weight is 165 g/mol. The quantitative estimate of drug-likeness (QED) is 0.525. The van der Waals surface area contributed by atoms with Gasteiger partial charge in [-0.1, -0.05) is 0 Å². The molecular weight excluding hydrogens is 154 g/mol. The van der Waals surface area contributed by atoms with Crippen LogP contribution in [0.25, 0.3) is 0 Å². The van der Waals surface area contributed by atoms with Crippen LogP contribution in [-0.4, -0.2) is 11.8 Å². The predicted molar refractivity (Wildman–Crippen MR) is 41.0 cm³/mol. The second-order valence-electron chi connectivity index (χ2n) is 4.24. The lowest BCUT2D eigenvalue weighted by molar-refractivity contribution is -0.126. The van der Waals surface area contributed by atoms with Gasteiger partial charge >= 0.3 is 0 Å². The molecule has 3 nitrogen and oxygen atoms in total. The molecule has 1 N–H and O–H groups in total. The molecule has 0 aromatic carbocycles. The fraction of sp³-hybridized carbons (Fsp3) is 0.778. The van der Waals surface area contributed by atoms with Gasteiger partial charge in [0.15, 0.2) is 0 Å². The Morgan fingerprint density at radius 1 is 1.00 bits per heavy atom. The molecule has 12 heavy (non-hydrogen) atoms. The second-order valence-corrected chi connectivity index (χ2v) is 4.24. The van der Waals surface area contributed by atoms with E-state index < -0.39 is 0 Å². The molecule has 4 atom stereocenters. The first-order valence-electron chi connectivity index (χ1n) is 4.62. The summed E-state index contributed by atoms with van der Waals surface area (Å²) in [6.07, 6.45) is 3.44. The number of amides is 2. The van der Waals surface area contributed by atoms with Gasteiger partial charge in [-0.2, -0.15) is 0 Å². The topological polar surface area (TPSA) is 46.2 Å². The molecule has 1 heterocycles. The molecule has 0 spiro atoms. The molecule has 2 bridgehead atoms. The van der Waals surface area contributed by atoms with Crippen LogP contribution in [-0.2, 0) is 9.59 Å². The van der Waals surface area contributed by atoms with Crippen LogP contribution in [0, 0.1) is 23.7 Å². The van der Waals surface area contributed by atoms with Crippen LogP contribution in [0.5, 0.6) is 0 Å². The van der Waals surface area contributed by atoms with Crippen LogP contribution in [0.15, 0.2) is 0 Å². The number of carbonyl (C=O) groups is 2. The number of fused-ring (bicyclic) bond motifs is 5. The van der Waals surface area contributed by atoms with Crippen molar-refractivity contribution in [2.45, 2.75) is 19.3 Å². The van der Waals surface area contributed by atoms with E-state index in [4.69, 9.17) is 0 Å². The highest BCUT2D eigenvalue weighted by molar-refractivity contribution is 6.05. The third kappa shape index (κ3) is 0.586. The van der Waals surface area contributed by atoms with Crippen molar-refractivity contribution in [1.82, 2.24) is 5.32 Å². The standard InChI is InChI=1S/C9H11NO2/c11-8-6-4-1-2-5(3-4)7(6)9(12)10-8/h4-7H,1-3H2,(H,10,11,12)/t4-,5?,6+,7-/m1/s1. The molecule has 64 valence electrons. The summed E-state index contributed by atoms with van der Waals surface area (Å²) in [5, 5.41) is 2.44. The van der Waals surface area contributed by atoms with E-state index in [0.29, 0.717) is 11.8 Å². The molecule has 0 aromatic rings. The molecule has 3 heteroatoms. The lowest BCUT2D eigenvalue weighted by Gasteiger charge is -2.19. The summed E-state index contributed by atoms with van der Waals surface area (Å²) in [6, 6.07) is 0. The Morgan fingerprint density at radius 2 is 1.50 bits per heavy atom. The van der Waals surface area contributed by atoms with Gasteiger partial charge < -0.3 is 0 Å². The van der Waals surface area contributed by atoms with Gasteiger partial charge in [0.1, 0.15) is 0 Å². The van der Waals surface area contributed by atoms with E-state index in [1.807, 2.05) is 0 Å². The number of imide groups is 1. The molecule has 3 fully saturated rings. The van der Waals surface area contributed by atoms with Crippen molar-refractivity contribution in [2.24, 2.45) is 23.7 Å². The fourth-order valence-electron chi connectivity index (χ4n) is 3.33. The largest absolute Gasteiger partial charge is 0.296 e. The third-order valence-corrected chi connectivity index (χ3v) is 3.77.